The number of carboxylic acids is 1. The Kier molecular flexibility index (Phi) is 4.31. The predicted molar refractivity (Wildman–Crippen MR) is 64.3 cm³/mol. The summed E-state index contributed by atoms with van der Waals surface area (Å²) in [7, 11) is 1.80. The van der Waals surface area contributed by atoms with Crippen LogP contribution in [0.3, 0.4) is 0 Å². The third-order valence-electron chi connectivity index (χ3n) is 2.71. The van der Waals surface area contributed by atoms with Crippen molar-refractivity contribution in [2.24, 2.45) is 0 Å². The van der Waals surface area contributed by atoms with Gasteiger partial charge < -0.3 is 10.8 Å². The van der Waals surface area contributed by atoms with Crippen LogP contribution in [0.15, 0.2) is 24.3 Å². The second-order valence-electron chi connectivity index (χ2n) is 4.06. The molecule has 1 unspecified atom stereocenters. The van der Waals surface area contributed by atoms with E-state index in [1.165, 1.54) is 0 Å². The maximum Gasteiger partial charge on any atom is 0.317 e. The zero-order valence-electron chi connectivity index (χ0n) is 9.68. The maximum atomic E-state index is 10.6. The number of carboxylic acid groups (broad SMARTS) is 1. The molecular weight excluding hydrogens is 204 g/mol. The summed E-state index contributed by atoms with van der Waals surface area (Å²) < 4.78 is 0. The molecule has 1 rings (SSSR count). The predicted octanol–water partition coefficient (Wildman–Crippen LogP) is 1.22. The molecule has 0 aliphatic heterocycles. The van der Waals surface area contributed by atoms with Crippen molar-refractivity contribution in [3.63, 3.8) is 0 Å². The van der Waals surface area contributed by atoms with Gasteiger partial charge in [0, 0.05) is 11.7 Å². The van der Waals surface area contributed by atoms with Gasteiger partial charge in [0.2, 0.25) is 0 Å². The van der Waals surface area contributed by atoms with Gasteiger partial charge in [-0.15, -0.1) is 0 Å². The molecule has 0 saturated carbocycles. The van der Waals surface area contributed by atoms with E-state index < -0.39 is 5.97 Å². The molecule has 0 saturated heterocycles. The summed E-state index contributed by atoms with van der Waals surface area (Å²) in [6, 6.07) is 7.82. The largest absolute Gasteiger partial charge is 0.480 e. The summed E-state index contributed by atoms with van der Waals surface area (Å²) in [6.07, 6.45) is 0.760. The molecule has 0 aromatic heterocycles. The Labute approximate surface area is 95.7 Å². The second kappa shape index (κ2) is 5.51. The van der Waals surface area contributed by atoms with Gasteiger partial charge in [-0.25, -0.2) is 0 Å². The third-order valence-corrected chi connectivity index (χ3v) is 2.71. The molecule has 0 spiro atoms. The van der Waals surface area contributed by atoms with Crippen molar-refractivity contribution in [3.05, 3.63) is 29.8 Å². The van der Waals surface area contributed by atoms with Crippen LogP contribution >= 0.6 is 0 Å². The molecule has 4 heteroatoms. The van der Waals surface area contributed by atoms with Gasteiger partial charge in [-0.1, -0.05) is 18.2 Å². The highest BCUT2D eigenvalue weighted by Crippen LogP contribution is 2.14. The van der Waals surface area contributed by atoms with Crippen molar-refractivity contribution >= 4 is 11.7 Å². The number of nitrogens with zero attached hydrogens (tertiary/aromatic N) is 1. The average Bonchev–Trinajstić information content (AvgIpc) is 2.20. The average molecular weight is 222 g/mol. The van der Waals surface area contributed by atoms with Crippen molar-refractivity contribution in [1.82, 2.24) is 4.90 Å². The van der Waals surface area contributed by atoms with Crippen molar-refractivity contribution in [2.75, 3.05) is 19.3 Å². The highest BCUT2D eigenvalue weighted by molar-refractivity contribution is 5.69. The van der Waals surface area contributed by atoms with Crippen molar-refractivity contribution in [3.8, 4) is 0 Å². The van der Waals surface area contributed by atoms with Gasteiger partial charge in [0.1, 0.15) is 0 Å². The number of para-hydroxylation sites is 1. The fourth-order valence-corrected chi connectivity index (χ4v) is 1.56. The second-order valence-corrected chi connectivity index (χ2v) is 4.06. The molecule has 1 aromatic carbocycles. The van der Waals surface area contributed by atoms with Crippen molar-refractivity contribution in [2.45, 2.75) is 19.4 Å². The van der Waals surface area contributed by atoms with Crippen LogP contribution < -0.4 is 5.73 Å². The summed E-state index contributed by atoms with van der Waals surface area (Å²) in [4.78, 5) is 12.4. The molecule has 0 bridgehead atoms. The molecule has 4 nitrogen and oxygen atoms in total. The van der Waals surface area contributed by atoms with Gasteiger partial charge in [-0.2, -0.15) is 0 Å². The number of carbonyl (C=O) groups is 1. The van der Waals surface area contributed by atoms with E-state index >= 15 is 0 Å². The highest BCUT2D eigenvalue weighted by atomic mass is 16.4. The zero-order valence-corrected chi connectivity index (χ0v) is 9.68. The van der Waals surface area contributed by atoms with Crippen LogP contribution in [0, 0.1) is 0 Å². The first-order chi connectivity index (χ1) is 7.50. The zero-order chi connectivity index (χ0) is 12.1. The standard InChI is InChI=1S/C12H18N2O2/c1-9(14(2)8-12(15)16)7-10-5-3-4-6-11(10)13/h3-6,9H,7-8,13H2,1-2H3,(H,15,16). The summed E-state index contributed by atoms with van der Waals surface area (Å²) in [5, 5.41) is 8.69. The molecule has 1 atom stereocenters. The van der Waals surface area contributed by atoms with E-state index in [-0.39, 0.29) is 12.6 Å². The van der Waals surface area contributed by atoms with Gasteiger partial charge in [0.25, 0.3) is 0 Å². The van der Waals surface area contributed by atoms with Crippen LogP contribution in [0.5, 0.6) is 0 Å². The smallest absolute Gasteiger partial charge is 0.317 e. The van der Waals surface area contributed by atoms with Gasteiger partial charge in [-0.3, -0.25) is 9.69 Å². The Balaban J connectivity index is 2.60. The lowest BCUT2D eigenvalue weighted by Crippen LogP contribution is -2.35. The Morgan fingerprint density at radius 2 is 2.12 bits per heavy atom. The third kappa shape index (κ3) is 3.55. The summed E-state index contributed by atoms with van der Waals surface area (Å²) in [5.74, 6) is -0.810. The molecule has 0 amide bonds. The normalized spacial score (nSPS) is 12.7. The number of rotatable bonds is 5. The Morgan fingerprint density at radius 3 is 2.69 bits per heavy atom. The monoisotopic (exact) mass is 222 g/mol. The number of likely N-dealkylation sites (N-methyl/N-ethyl adjacent to an activating group) is 1. The van der Waals surface area contributed by atoms with Crippen LogP contribution in [-0.2, 0) is 11.2 Å². The van der Waals surface area contributed by atoms with Crippen LogP contribution in [0.2, 0.25) is 0 Å². The molecular formula is C12H18N2O2. The first-order valence-electron chi connectivity index (χ1n) is 5.26. The Morgan fingerprint density at radius 1 is 1.50 bits per heavy atom. The molecule has 0 aliphatic rings. The van der Waals surface area contributed by atoms with Gasteiger partial charge in [0.15, 0.2) is 0 Å². The number of nitrogens with two attached hydrogens (primary N) is 1. The number of hydrogen-bond acceptors (Lipinski definition) is 3. The molecule has 16 heavy (non-hydrogen) atoms. The molecule has 3 N–H and O–H groups in total. The first-order valence-corrected chi connectivity index (χ1v) is 5.26. The van der Waals surface area contributed by atoms with Crippen molar-refractivity contribution in [1.29, 1.82) is 0 Å². The molecule has 0 aliphatic carbocycles. The highest BCUT2D eigenvalue weighted by Gasteiger charge is 2.13. The molecule has 0 heterocycles. The van der Waals surface area contributed by atoms with E-state index in [9.17, 15) is 4.79 Å². The number of anilines is 1. The summed E-state index contributed by atoms with van der Waals surface area (Å²) in [6.45, 7) is 2.04. The van der Waals surface area contributed by atoms with Crippen LogP contribution in [-0.4, -0.2) is 35.6 Å². The minimum absolute atomic E-state index is 0.0495. The summed E-state index contributed by atoms with van der Waals surface area (Å²) in [5.41, 5.74) is 7.66. The molecule has 1 aromatic rings. The van der Waals surface area contributed by atoms with Crippen LogP contribution in [0.1, 0.15) is 12.5 Å². The molecule has 0 fully saturated rings. The number of aliphatic carboxylic acids is 1. The van der Waals surface area contributed by atoms with E-state index in [1.54, 1.807) is 11.9 Å². The molecule has 0 radical (unpaired) electrons. The van der Waals surface area contributed by atoms with Gasteiger partial charge in [0.05, 0.1) is 6.54 Å². The Bertz CT molecular complexity index is 366. The number of benzene rings is 1. The van der Waals surface area contributed by atoms with E-state index in [1.807, 2.05) is 31.2 Å². The lowest BCUT2D eigenvalue weighted by Gasteiger charge is -2.23. The van der Waals surface area contributed by atoms with Crippen LogP contribution in [0.25, 0.3) is 0 Å². The van der Waals surface area contributed by atoms with Gasteiger partial charge in [-0.05, 0) is 32.0 Å². The minimum atomic E-state index is -0.810. The fraction of sp³-hybridized carbons (Fsp3) is 0.417. The number of hydrogen-bond donors (Lipinski definition) is 2. The number of nitrogen functional groups attached to an aromatic ring is 1. The quantitative estimate of drug-likeness (QED) is 0.735. The lowest BCUT2D eigenvalue weighted by molar-refractivity contribution is -0.138. The van der Waals surface area contributed by atoms with E-state index in [4.69, 9.17) is 10.8 Å². The topological polar surface area (TPSA) is 66.6 Å². The Hall–Kier alpha value is -1.55. The summed E-state index contributed by atoms with van der Waals surface area (Å²) >= 11 is 0. The lowest BCUT2D eigenvalue weighted by atomic mass is 10.0. The fourth-order valence-electron chi connectivity index (χ4n) is 1.56. The van der Waals surface area contributed by atoms with E-state index in [0.29, 0.717) is 0 Å². The van der Waals surface area contributed by atoms with E-state index in [0.717, 1.165) is 17.7 Å². The van der Waals surface area contributed by atoms with Gasteiger partial charge >= 0.3 is 5.97 Å². The molecule has 88 valence electrons. The maximum absolute atomic E-state index is 10.6. The van der Waals surface area contributed by atoms with E-state index in [2.05, 4.69) is 0 Å². The first kappa shape index (κ1) is 12.5. The van der Waals surface area contributed by atoms with Crippen molar-refractivity contribution < 1.29 is 9.90 Å². The SMILES string of the molecule is CC(Cc1ccccc1N)N(C)CC(=O)O. The van der Waals surface area contributed by atoms with Crippen LogP contribution in [0.4, 0.5) is 5.69 Å². The minimum Gasteiger partial charge on any atom is -0.480 e.